The van der Waals surface area contributed by atoms with E-state index >= 15 is 0 Å². The van der Waals surface area contributed by atoms with Crippen LogP contribution in [0.5, 0.6) is 5.75 Å². The van der Waals surface area contributed by atoms with Crippen molar-refractivity contribution in [1.82, 2.24) is 5.32 Å². The van der Waals surface area contributed by atoms with Crippen molar-refractivity contribution >= 4 is 0 Å². The van der Waals surface area contributed by atoms with Gasteiger partial charge in [-0.25, -0.2) is 0 Å². The third-order valence-corrected chi connectivity index (χ3v) is 2.50. The zero-order chi connectivity index (χ0) is 12.9. The molecule has 0 aliphatic carbocycles. The molecule has 1 atom stereocenters. The molecule has 0 radical (unpaired) electrons. The fourth-order valence-corrected chi connectivity index (χ4v) is 1.62. The minimum atomic E-state index is -4.64. The van der Waals surface area contributed by atoms with Crippen molar-refractivity contribution in [1.29, 1.82) is 0 Å². The van der Waals surface area contributed by atoms with Gasteiger partial charge in [-0.15, -0.1) is 13.2 Å². The third-order valence-electron chi connectivity index (χ3n) is 2.50. The van der Waals surface area contributed by atoms with E-state index in [-0.39, 0.29) is 11.7 Å². The largest absolute Gasteiger partial charge is 0.573 e. The Kier molecular flexibility index (Phi) is 4.81. The molecule has 96 valence electrons. The summed E-state index contributed by atoms with van der Waals surface area (Å²) in [5.74, 6) is -0.0930. The van der Waals surface area contributed by atoms with Gasteiger partial charge in [-0.1, -0.05) is 25.1 Å². The summed E-state index contributed by atoms with van der Waals surface area (Å²) in [6.07, 6.45) is -3.88. The highest BCUT2D eigenvalue weighted by molar-refractivity contribution is 5.36. The summed E-state index contributed by atoms with van der Waals surface area (Å²) < 4.78 is 40.6. The molecule has 0 aliphatic heterocycles. The minimum Gasteiger partial charge on any atom is -0.405 e. The fraction of sp³-hybridized carbons (Fsp3) is 0.500. The Labute approximate surface area is 98.8 Å². The first-order chi connectivity index (χ1) is 7.94. The molecule has 0 saturated carbocycles. The van der Waals surface area contributed by atoms with Gasteiger partial charge in [0.25, 0.3) is 0 Å². The van der Waals surface area contributed by atoms with E-state index in [1.165, 1.54) is 12.1 Å². The Morgan fingerprint density at radius 3 is 2.53 bits per heavy atom. The second kappa shape index (κ2) is 5.91. The van der Waals surface area contributed by atoms with E-state index in [4.69, 9.17) is 0 Å². The van der Waals surface area contributed by atoms with Crippen LogP contribution in [0.15, 0.2) is 24.3 Å². The summed E-state index contributed by atoms with van der Waals surface area (Å²) in [7, 11) is 1.81. The topological polar surface area (TPSA) is 21.3 Å². The molecule has 0 aliphatic rings. The second-order valence-electron chi connectivity index (χ2n) is 3.88. The van der Waals surface area contributed by atoms with E-state index in [1.807, 2.05) is 14.0 Å². The van der Waals surface area contributed by atoms with E-state index in [9.17, 15) is 13.2 Å². The van der Waals surface area contributed by atoms with E-state index < -0.39 is 6.36 Å². The summed E-state index contributed by atoms with van der Waals surface area (Å²) in [4.78, 5) is 0. The lowest BCUT2D eigenvalue weighted by Crippen LogP contribution is -2.19. The van der Waals surface area contributed by atoms with Gasteiger partial charge in [0, 0.05) is 0 Å². The molecule has 0 aromatic heterocycles. The number of hydrogen-bond donors (Lipinski definition) is 1. The van der Waals surface area contributed by atoms with Crippen LogP contribution in [-0.2, 0) is 0 Å². The summed E-state index contributed by atoms with van der Waals surface area (Å²) >= 11 is 0. The first-order valence-electron chi connectivity index (χ1n) is 5.43. The monoisotopic (exact) mass is 247 g/mol. The zero-order valence-electron chi connectivity index (χ0n) is 9.84. The fourth-order valence-electron chi connectivity index (χ4n) is 1.62. The lowest BCUT2D eigenvalue weighted by atomic mass is 9.97. The van der Waals surface area contributed by atoms with Gasteiger partial charge in [-0.05, 0) is 37.6 Å². The number of halogens is 3. The van der Waals surface area contributed by atoms with Crippen LogP contribution >= 0.6 is 0 Å². The van der Waals surface area contributed by atoms with Crippen molar-refractivity contribution in [2.45, 2.75) is 25.6 Å². The van der Waals surface area contributed by atoms with Gasteiger partial charge < -0.3 is 10.1 Å². The van der Waals surface area contributed by atoms with Crippen molar-refractivity contribution in [3.05, 3.63) is 29.8 Å². The van der Waals surface area contributed by atoms with Crippen molar-refractivity contribution in [2.75, 3.05) is 13.6 Å². The maximum Gasteiger partial charge on any atom is 0.573 e. The average Bonchev–Trinajstić information content (AvgIpc) is 2.24. The third kappa shape index (κ3) is 4.65. The number of ether oxygens (including phenoxy) is 1. The molecule has 1 aromatic carbocycles. The van der Waals surface area contributed by atoms with Gasteiger partial charge in [0.2, 0.25) is 0 Å². The SMILES string of the molecule is CNCCC(C)c1ccccc1OC(F)(F)F. The Hall–Kier alpha value is -1.23. The van der Waals surface area contributed by atoms with Gasteiger partial charge in [0.1, 0.15) is 5.75 Å². The maximum atomic E-state index is 12.2. The second-order valence-corrected chi connectivity index (χ2v) is 3.88. The molecule has 1 N–H and O–H groups in total. The van der Waals surface area contributed by atoms with Gasteiger partial charge in [0.05, 0.1) is 0 Å². The predicted octanol–water partition coefficient (Wildman–Crippen LogP) is 3.30. The van der Waals surface area contributed by atoms with E-state index in [1.54, 1.807) is 12.1 Å². The van der Waals surface area contributed by atoms with Crippen LogP contribution in [-0.4, -0.2) is 20.0 Å². The molecular formula is C12H16F3NO. The first kappa shape index (κ1) is 13.8. The molecule has 1 aromatic rings. The normalized spacial score (nSPS) is 13.5. The molecule has 1 rings (SSSR count). The molecule has 0 fully saturated rings. The molecule has 0 saturated heterocycles. The predicted molar refractivity (Wildman–Crippen MR) is 60.1 cm³/mol. The standard InChI is InChI=1S/C12H16F3NO/c1-9(7-8-16-2)10-5-3-4-6-11(10)17-12(13,14)15/h3-6,9,16H,7-8H2,1-2H3. The molecule has 0 spiro atoms. The highest BCUT2D eigenvalue weighted by atomic mass is 19.4. The van der Waals surface area contributed by atoms with Gasteiger partial charge in [0.15, 0.2) is 0 Å². The molecule has 0 bridgehead atoms. The van der Waals surface area contributed by atoms with Gasteiger partial charge in [-0.3, -0.25) is 0 Å². The van der Waals surface area contributed by atoms with E-state index in [0.29, 0.717) is 5.56 Å². The first-order valence-corrected chi connectivity index (χ1v) is 5.43. The lowest BCUT2D eigenvalue weighted by molar-refractivity contribution is -0.275. The number of hydrogen-bond acceptors (Lipinski definition) is 2. The van der Waals surface area contributed by atoms with Crippen LogP contribution in [0.3, 0.4) is 0 Å². The van der Waals surface area contributed by atoms with Crippen LogP contribution in [0.2, 0.25) is 0 Å². The Morgan fingerprint density at radius 1 is 1.29 bits per heavy atom. The Bertz CT molecular complexity index is 352. The number of alkyl halides is 3. The molecule has 1 unspecified atom stereocenters. The smallest absolute Gasteiger partial charge is 0.405 e. The molecular weight excluding hydrogens is 231 g/mol. The average molecular weight is 247 g/mol. The van der Waals surface area contributed by atoms with Crippen molar-refractivity contribution in [3.63, 3.8) is 0 Å². The van der Waals surface area contributed by atoms with E-state index in [0.717, 1.165) is 13.0 Å². The quantitative estimate of drug-likeness (QED) is 0.862. The number of nitrogens with one attached hydrogen (secondary N) is 1. The Balaban J connectivity index is 2.83. The van der Waals surface area contributed by atoms with Crippen LogP contribution in [0.1, 0.15) is 24.8 Å². The van der Waals surface area contributed by atoms with Crippen molar-refractivity contribution in [3.8, 4) is 5.75 Å². The van der Waals surface area contributed by atoms with Gasteiger partial charge in [-0.2, -0.15) is 0 Å². The number of benzene rings is 1. The molecule has 5 heteroatoms. The van der Waals surface area contributed by atoms with Gasteiger partial charge >= 0.3 is 6.36 Å². The molecule has 0 heterocycles. The highest BCUT2D eigenvalue weighted by Crippen LogP contribution is 2.32. The molecule has 2 nitrogen and oxygen atoms in total. The highest BCUT2D eigenvalue weighted by Gasteiger charge is 2.32. The molecule has 17 heavy (non-hydrogen) atoms. The number of para-hydroxylation sites is 1. The summed E-state index contributed by atoms with van der Waals surface area (Å²) in [5.41, 5.74) is 0.583. The molecule has 0 amide bonds. The minimum absolute atomic E-state index is 0.0148. The van der Waals surface area contributed by atoms with Crippen LogP contribution in [0, 0.1) is 0 Å². The number of rotatable bonds is 5. The lowest BCUT2D eigenvalue weighted by Gasteiger charge is -2.17. The Morgan fingerprint density at radius 2 is 1.94 bits per heavy atom. The van der Waals surface area contributed by atoms with Crippen LogP contribution in [0.25, 0.3) is 0 Å². The van der Waals surface area contributed by atoms with Crippen LogP contribution in [0.4, 0.5) is 13.2 Å². The van der Waals surface area contributed by atoms with Crippen molar-refractivity contribution < 1.29 is 17.9 Å². The summed E-state index contributed by atoms with van der Waals surface area (Å²) in [6.45, 7) is 2.64. The maximum absolute atomic E-state index is 12.2. The summed E-state index contributed by atoms with van der Waals surface area (Å²) in [6, 6.07) is 6.27. The zero-order valence-corrected chi connectivity index (χ0v) is 9.84. The van der Waals surface area contributed by atoms with Crippen LogP contribution < -0.4 is 10.1 Å². The van der Waals surface area contributed by atoms with Crippen molar-refractivity contribution in [2.24, 2.45) is 0 Å². The summed E-state index contributed by atoms with van der Waals surface area (Å²) in [5, 5.41) is 2.97. The van der Waals surface area contributed by atoms with E-state index in [2.05, 4.69) is 10.1 Å².